The lowest BCUT2D eigenvalue weighted by molar-refractivity contribution is 0.0683. The van der Waals surface area contributed by atoms with Gasteiger partial charge in [0.25, 0.3) is 5.91 Å². The van der Waals surface area contributed by atoms with Crippen LogP contribution in [0.1, 0.15) is 40.2 Å². The molecule has 5 nitrogen and oxygen atoms in total. The van der Waals surface area contributed by atoms with Gasteiger partial charge in [-0.3, -0.25) is 4.79 Å². The van der Waals surface area contributed by atoms with Crippen molar-refractivity contribution in [2.45, 2.75) is 32.7 Å². The van der Waals surface area contributed by atoms with Crippen LogP contribution < -0.4 is 0 Å². The van der Waals surface area contributed by atoms with Crippen LogP contribution >= 0.6 is 0 Å². The quantitative estimate of drug-likeness (QED) is 0.684. The summed E-state index contributed by atoms with van der Waals surface area (Å²) in [5.41, 5.74) is 3.85. The van der Waals surface area contributed by atoms with Crippen molar-refractivity contribution in [3.8, 4) is 0 Å². The number of aromatic nitrogens is 3. The van der Waals surface area contributed by atoms with Crippen molar-refractivity contribution in [2.75, 3.05) is 13.1 Å². The first-order valence-corrected chi connectivity index (χ1v) is 9.98. The van der Waals surface area contributed by atoms with Crippen LogP contribution in [0.4, 0.5) is 0 Å². The van der Waals surface area contributed by atoms with Crippen LogP contribution in [0.25, 0.3) is 0 Å². The van der Waals surface area contributed by atoms with Crippen molar-refractivity contribution in [2.24, 2.45) is 5.92 Å². The van der Waals surface area contributed by atoms with Crippen LogP contribution in [-0.4, -0.2) is 38.9 Å². The van der Waals surface area contributed by atoms with E-state index in [1.807, 2.05) is 34.7 Å². The molecule has 1 aliphatic rings. The molecule has 28 heavy (non-hydrogen) atoms. The van der Waals surface area contributed by atoms with Gasteiger partial charge < -0.3 is 4.90 Å². The summed E-state index contributed by atoms with van der Waals surface area (Å²) < 4.78 is 1.81. The summed E-state index contributed by atoms with van der Waals surface area (Å²) in [6.45, 7) is 4.15. The number of carbonyl (C=O) groups excluding carboxylic acids is 1. The van der Waals surface area contributed by atoms with Crippen LogP contribution in [0.5, 0.6) is 0 Å². The van der Waals surface area contributed by atoms with Crippen LogP contribution in [0.15, 0.2) is 60.7 Å². The van der Waals surface area contributed by atoms with Crippen molar-refractivity contribution in [1.29, 1.82) is 0 Å². The molecule has 5 heteroatoms. The minimum Gasteiger partial charge on any atom is -0.337 e. The topological polar surface area (TPSA) is 51.0 Å². The smallest absolute Gasteiger partial charge is 0.276 e. The molecular formula is C23H26N4O. The molecule has 4 rings (SSSR count). The van der Waals surface area contributed by atoms with Crippen molar-refractivity contribution in [3.05, 3.63) is 83.2 Å². The van der Waals surface area contributed by atoms with Crippen LogP contribution in [-0.2, 0) is 13.0 Å². The first-order valence-electron chi connectivity index (χ1n) is 9.98. The second-order valence-corrected chi connectivity index (χ2v) is 7.59. The molecular weight excluding hydrogens is 348 g/mol. The molecule has 1 saturated heterocycles. The summed E-state index contributed by atoms with van der Waals surface area (Å²) in [6, 6.07) is 20.7. The first kappa shape index (κ1) is 18.4. The first-order chi connectivity index (χ1) is 13.7. The van der Waals surface area contributed by atoms with E-state index in [2.05, 4.69) is 52.8 Å². The Labute approximate surface area is 166 Å². The standard InChI is InChI=1S/C23H26N4O/c1-18-22(24-25-27(18)17-21-10-6-3-7-11-21)23(28)26-14-12-20(13-15-26)16-19-8-4-2-5-9-19/h2-11,20H,12-17H2,1H3. The van der Waals surface area contributed by atoms with Gasteiger partial charge in [0.15, 0.2) is 5.69 Å². The van der Waals surface area contributed by atoms with Gasteiger partial charge in [0.05, 0.1) is 12.2 Å². The van der Waals surface area contributed by atoms with E-state index in [4.69, 9.17) is 0 Å². The lowest BCUT2D eigenvalue weighted by Gasteiger charge is -2.31. The van der Waals surface area contributed by atoms with Gasteiger partial charge in [-0.05, 0) is 43.2 Å². The maximum absolute atomic E-state index is 13.0. The molecule has 0 unspecified atom stereocenters. The van der Waals surface area contributed by atoms with E-state index in [9.17, 15) is 4.79 Å². The highest BCUT2D eigenvalue weighted by molar-refractivity contribution is 5.93. The summed E-state index contributed by atoms with van der Waals surface area (Å²) in [4.78, 5) is 14.9. The number of benzene rings is 2. The Kier molecular flexibility index (Phi) is 5.51. The number of rotatable bonds is 5. The van der Waals surface area contributed by atoms with E-state index in [1.165, 1.54) is 5.56 Å². The zero-order chi connectivity index (χ0) is 19.3. The summed E-state index contributed by atoms with van der Waals surface area (Å²) in [6.07, 6.45) is 3.17. The zero-order valence-corrected chi connectivity index (χ0v) is 16.3. The average molecular weight is 374 g/mol. The fraction of sp³-hybridized carbons (Fsp3) is 0.348. The molecule has 0 atom stereocenters. The number of piperidine rings is 1. The molecule has 1 aromatic heterocycles. The second kappa shape index (κ2) is 8.38. The molecule has 3 aromatic rings. The van der Waals surface area contributed by atoms with Crippen LogP contribution in [0.3, 0.4) is 0 Å². The van der Waals surface area contributed by atoms with Gasteiger partial charge in [0.1, 0.15) is 0 Å². The van der Waals surface area contributed by atoms with Gasteiger partial charge in [-0.1, -0.05) is 65.9 Å². The van der Waals surface area contributed by atoms with Crippen LogP contribution in [0.2, 0.25) is 0 Å². The monoisotopic (exact) mass is 374 g/mol. The van der Waals surface area contributed by atoms with Gasteiger partial charge in [-0.2, -0.15) is 0 Å². The largest absolute Gasteiger partial charge is 0.337 e. The van der Waals surface area contributed by atoms with E-state index in [0.29, 0.717) is 18.2 Å². The van der Waals surface area contributed by atoms with Crippen molar-refractivity contribution in [3.63, 3.8) is 0 Å². The lowest BCUT2D eigenvalue weighted by Crippen LogP contribution is -2.39. The maximum atomic E-state index is 13.0. The van der Waals surface area contributed by atoms with Gasteiger partial charge >= 0.3 is 0 Å². The molecule has 2 aromatic carbocycles. The predicted octanol–water partition coefficient (Wildman–Crippen LogP) is 3.73. The van der Waals surface area contributed by atoms with E-state index in [0.717, 1.165) is 43.6 Å². The number of carbonyl (C=O) groups is 1. The Morgan fingerprint density at radius 1 is 0.964 bits per heavy atom. The molecule has 2 heterocycles. The SMILES string of the molecule is Cc1c(C(=O)N2CCC(Cc3ccccc3)CC2)nnn1Cc1ccccc1. The average Bonchev–Trinajstić information content (AvgIpc) is 3.10. The third-order valence-corrected chi connectivity index (χ3v) is 5.63. The minimum atomic E-state index is 0.00923. The predicted molar refractivity (Wildman–Crippen MR) is 109 cm³/mol. The third-order valence-electron chi connectivity index (χ3n) is 5.63. The van der Waals surface area contributed by atoms with E-state index < -0.39 is 0 Å². The molecule has 0 saturated carbocycles. The number of amides is 1. The Balaban J connectivity index is 1.36. The third kappa shape index (κ3) is 4.14. The number of hydrogen-bond acceptors (Lipinski definition) is 3. The summed E-state index contributed by atoms with van der Waals surface area (Å²) in [7, 11) is 0. The van der Waals surface area contributed by atoms with E-state index in [1.54, 1.807) is 0 Å². The molecule has 0 aliphatic carbocycles. The minimum absolute atomic E-state index is 0.00923. The molecule has 144 valence electrons. The van der Waals surface area contributed by atoms with Crippen LogP contribution in [0, 0.1) is 12.8 Å². The normalized spacial score (nSPS) is 15.0. The number of likely N-dealkylation sites (tertiary alicyclic amines) is 1. The van der Waals surface area contributed by atoms with E-state index in [-0.39, 0.29) is 5.91 Å². The fourth-order valence-corrected chi connectivity index (χ4v) is 3.90. The van der Waals surface area contributed by atoms with Crippen molar-refractivity contribution in [1.82, 2.24) is 19.9 Å². The second-order valence-electron chi connectivity index (χ2n) is 7.59. The van der Waals surface area contributed by atoms with Crippen molar-refractivity contribution >= 4 is 5.91 Å². The summed E-state index contributed by atoms with van der Waals surface area (Å²) in [5.74, 6) is 0.649. The molecule has 1 aliphatic heterocycles. The number of nitrogens with zero attached hydrogens (tertiary/aromatic N) is 4. The maximum Gasteiger partial charge on any atom is 0.276 e. The van der Waals surface area contributed by atoms with E-state index >= 15 is 0 Å². The Bertz CT molecular complexity index is 912. The zero-order valence-electron chi connectivity index (χ0n) is 16.3. The number of hydrogen-bond donors (Lipinski definition) is 0. The highest BCUT2D eigenvalue weighted by atomic mass is 16.2. The highest BCUT2D eigenvalue weighted by Gasteiger charge is 2.27. The molecule has 1 fully saturated rings. The molecule has 0 N–H and O–H groups in total. The lowest BCUT2D eigenvalue weighted by atomic mass is 9.90. The van der Waals surface area contributed by atoms with Gasteiger partial charge in [-0.15, -0.1) is 5.10 Å². The highest BCUT2D eigenvalue weighted by Crippen LogP contribution is 2.23. The Morgan fingerprint density at radius 3 is 2.21 bits per heavy atom. The van der Waals surface area contributed by atoms with Gasteiger partial charge in [0.2, 0.25) is 0 Å². The molecule has 0 spiro atoms. The summed E-state index contributed by atoms with van der Waals surface area (Å²) in [5, 5.41) is 8.41. The molecule has 1 amide bonds. The molecule has 0 bridgehead atoms. The Morgan fingerprint density at radius 2 is 1.57 bits per heavy atom. The van der Waals surface area contributed by atoms with Crippen molar-refractivity contribution < 1.29 is 4.79 Å². The molecule has 0 radical (unpaired) electrons. The summed E-state index contributed by atoms with van der Waals surface area (Å²) >= 11 is 0. The fourth-order valence-electron chi connectivity index (χ4n) is 3.90. The van der Waals surface area contributed by atoms with Gasteiger partial charge in [-0.25, -0.2) is 4.68 Å². The van der Waals surface area contributed by atoms with Gasteiger partial charge in [0, 0.05) is 13.1 Å². The Hall–Kier alpha value is -2.95.